The van der Waals surface area contributed by atoms with E-state index in [9.17, 15) is 9.59 Å². The Morgan fingerprint density at radius 1 is 1.48 bits per heavy atom. The number of hydrogen-bond acceptors (Lipinski definition) is 5. The average molecular weight is 293 g/mol. The van der Waals surface area contributed by atoms with E-state index in [1.807, 2.05) is 0 Å². The molecule has 1 unspecified atom stereocenters. The van der Waals surface area contributed by atoms with Gasteiger partial charge in [0.15, 0.2) is 0 Å². The second-order valence-corrected chi connectivity index (χ2v) is 4.36. The van der Waals surface area contributed by atoms with Crippen molar-refractivity contribution in [2.75, 3.05) is 0 Å². The van der Waals surface area contributed by atoms with Gasteiger partial charge < -0.3 is 25.1 Å². The van der Waals surface area contributed by atoms with Crippen molar-refractivity contribution in [2.45, 2.75) is 25.9 Å². The van der Waals surface area contributed by atoms with E-state index in [1.54, 1.807) is 6.92 Å². The Morgan fingerprint density at radius 2 is 2.29 bits per heavy atom. The van der Waals surface area contributed by atoms with Gasteiger partial charge >= 0.3 is 12.0 Å². The summed E-state index contributed by atoms with van der Waals surface area (Å²) in [4.78, 5) is 33.3. The zero-order chi connectivity index (χ0) is 15.2. The number of carboxylic acids is 1. The SMILES string of the molecule is Cc1cnc(CNC(=O)NC(Cc2cnc[nH]2)C(=O)O)o1. The molecule has 0 aliphatic carbocycles. The first-order valence-corrected chi connectivity index (χ1v) is 6.20. The van der Waals surface area contributed by atoms with E-state index in [0.29, 0.717) is 17.3 Å². The molecule has 9 heteroatoms. The topological polar surface area (TPSA) is 133 Å². The smallest absolute Gasteiger partial charge is 0.326 e. The lowest BCUT2D eigenvalue weighted by Gasteiger charge is -2.13. The first-order valence-electron chi connectivity index (χ1n) is 6.20. The number of nitrogens with one attached hydrogen (secondary N) is 3. The van der Waals surface area contributed by atoms with Gasteiger partial charge in [-0.15, -0.1) is 0 Å². The molecule has 0 saturated carbocycles. The highest BCUT2D eigenvalue weighted by atomic mass is 16.4. The fourth-order valence-electron chi connectivity index (χ4n) is 1.66. The summed E-state index contributed by atoms with van der Waals surface area (Å²) in [5.74, 6) is -0.148. The number of carbonyl (C=O) groups is 2. The van der Waals surface area contributed by atoms with Gasteiger partial charge in [0, 0.05) is 18.3 Å². The minimum Gasteiger partial charge on any atom is -0.480 e. The average Bonchev–Trinajstić information content (AvgIpc) is 3.07. The summed E-state index contributed by atoms with van der Waals surface area (Å²) in [6.45, 7) is 1.82. The normalized spacial score (nSPS) is 11.9. The Kier molecular flexibility index (Phi) is 4.54. The van der Waals surface area contributed by atoms with Gasteiger partial charge in [-0.3, -0.25) is 0 Å². The number of carboxylic acid groups (broad SMARTS) is 1. The number of oxazole rings is 1. The molecule has 21 heavy (non-hydrogen) atoms. The number of aliphatic carboxylic acids is 1. The maximum Gasteiger partial charge on any atom is 0.326 e. The predicted molar refractivity (Wildman–Crippen MR) is 70.3 cm³/mol. The van der Waals surface area contributed by atoms with Crippen LogP contribution in [0, 0.1) is 6.92 Å². The lowest BCUT2D eigenvalue weighted by atomic mass is 10.2. The number of amides is 2. The number of imidazole rings is 1. The number of nitrogens with zero attached hydrogens (tertiary/aromatic N) is 2. The third-order valence-corrected chi connectivity index (χ3v) is 2.65. The van der Waals surface area contributed by atoms with Crippen molar-refractivity contribution in [3.05, 3.63) is 36.1 Å². The van der Waals surface area contributed by atoms with Gasteiger partial charge in [0.1, 0.15) is 11.8 Å². The maximum absolute atomic E-state index is 11.7. The molecule has 0 saturated heterocycles. The summed E-state index contributed by atoms with van der Waals surface area (Å²) in [6, 6.07) is -1.67. The summed E-state index contributed by atoms with van der Waals surface area (Å²) >= 11 is 0. The molecule has 2 rings (SSSR count). The van der Waals surface area contributed by atoms with Crippen LogP contribution in [0.4, 0.5) is 4.79 Å². The molecule has 2 heterocycles. The third kappa shape index (κ3) is 4.34. The molecule has 2 aromatic heterocycles. The Morgan fingerprint density at radius 3 is 2.86 bits per heavy atom. The number of carbonyl (C=O) groups excluding carboxylic acids is 1. The highest BCUT2D eigenvalue weighted by Gasteiger charge is 2.21. The summed E-state index contributed by atoms with van der Waals surface area (Å²) in [7, 11) is 0. The summed E-state index contributed by atoms with van der Waals surface area (Å²) in [5.41, 5.74) is 0.617. The summed E-state index contributed by atoms with van der Waals surface area (Å²) < 4.78 is 5.19. The van der Waals surface area contributed by atoms with Gasteiger partial charge in [0.25, 0.3) is 0 Å². The quantitative estimate of drug-likeness (QED) is 0.601. The van der Waals surface area contributed by atoms with Crippen molar-refractivity contribution in [1.82, 2.24) is 25.6 Å². The molecule has 0 bridgehead atoms. The molecule has 0 radical (unpaired) electrons. The fraction of sp³-hybridized carbons (Fsp3) is 0.333. The number of urea groups is 1. The molecule has 9 nitrogen and oxygen atoms in total. The van der Waals surface area contributed by atoms with Crippen LogP contribution in [0.15, 0.2) is 23.1 Å². The zero-order valence-corrected chi connectivity index (χ0v) is 11.3. The van der Waals surface area contributed by atoms with Crippen LogP contribution in [-0.2, 0) is 17.8 Å². The van der Waals surface area contributed by atoms with Crippen LogP contribution < -0.4 is 10.6 Å². The highest BCUT2D eigenvalue weighted by Crippen LogP contribution is 2.01. The monoisotopic (exact) mass is 293 g/mol. The standard InChI is InChI=1S/C12H15N5O4/c1-7-3-14-10(21-7)5-15-12(20)17-9(11(18)19)2-8-4-13-6-16-8/h3-4,6,9H,2,5H2,1H3,(H,13,16)(H,18,19)(H2,15,17,20). The van der Waals surface area contributed by atoms with Gasteiger partial charge in [-0.2, -0.15) is 0 Å². The molecule has 1 atom stereocenters. The van der Waals surface area contributed by atoms with Crippen LogP contribution in [0.25, 0.3) is 0 Å². The van der Waals surface area contributed by atoms with Crippen LogP contribution in [0.5, 0.6) is 0 Å². The van der Waals surface area contributed by atoms with Crippen LogP contribution >= 0.6 is 0 Å². The third-order valence-electron chi connectivity index (χ3n) is 2.65. The van der Waals surface area contributed by atoms with Gasteiger partial charge in [-0.25, -0.2) is 19.6 Å². The number of aromatic amines is 1. The number of aryl methyl sites for hydroxylation is 1. The molecule has 0 aliphatic rings. The highest BCUT2D eigenvalue weighted by molar-refractivity contribution is 5.82. The lowest BCUT2D eigenvalue weighted by molar-refractivity contribution is -0.139. The van der Waals surface area contributed by atoms with E-state index in [4.69, 9.17) is 9.52 Å². The molecule has 112 valence electrons. The molecule has 0 aliphatic heterocycles. The first-order chi connectivity index (χ1) is 10.0. The predicted octanol–water partition coefficient (Wildman–Crippen LogP) is 0.201. The number of rotatable bonds is 6. The minimum absolute atomic E-state index is 0.0794. The van der Waals surface area contributed by atoms with Crippen molar-refractivity contribution in [3.63, 3.8) is 0 Å². The zero-order valence-electron chi connectivity index (χ0n) is 11.3. The second kappa shape index (κ2) is 6.55. The Labute approximate surface area is 119 Å². The largest absolute Gasteiger partial charge is 0.480 e. The molecule has 2 aromatic rings. The number of aromatic nitrogens is 3. The fourth-order valence-corrected chi connectivity index (χ4v) is 1.66. The second-order valence-electron chi connectivity index (χ2n) is 4.36. The van der Waals surface area contributed by atoms with E-state index in [1.165, 1.54) is 18.7 Å². The lowest BCUT2D eigenvalue weighted by Crippen LogP contribution is -2.47. The van der Waals surface area contributed by atoms with Crippen molar-refractivity contribution < 1.29 is 19.1 Å². The molecule has 0 spiro atoms. The van der Waals surface area contributed by atoms with Crippen molar-refractivity contribution >= 4 is 12.0 Å². The molecule has 4 N–H and O–H groups in total. The van der Waals surface area contributed by atoms with E-state index in [2.05, 4.69) is 25.6 Å². The Hall–Kier alpha value is -2.84. The van der Waals surface area contributed by atoms with E-state index < -0.39 is 18.0 Å². The van der Waals surface area contributed by atoms with Crippen molar-refractivity contribution in [2.24, 2.45) is 0 Å². The van der Waals surface area contributed by atoms with E-state index in [-0.39, 0.29) is 13.0 Å². The van der Waals surface area contributed by atoms with Crippen molar-refractivity contribution in [1.29, 1.82) is 0 Å². The number of H-pyrrole nitrogens is 1. The van der Waals surface area contributed by atoms with Crippen molar-refractivity contribution in [3.8, 4) is 0 Å². The molecular formula is C12H15N5O4. The van der Waals surface area contributed by atoms with Gasteiger partial charge in [-0.1, -0.05) is 0 Å². The summed E-state index contributed by atoms with van der Waals surface area (Å²) in [6.07, 6.45) is 4.60. The van der Waals surface area contributed by atoms with Crippen LogP contribution in [0.3, 0.4) is 0 Å². The Balaban J connectivity index is 1.84. The number of hydrogen-bond donors (Lipinski definition) is 4. The van der Waals surface area contributed by atoms with Crippen LogP contribution in [0.2, 0.25) is 0 Å². The molecule has 0 fully saturated rings. The summed E-state index contributed by atoms with van der Waals surface area (Å²) in [5, 5.41) is 13.9. The van der Waals surface area contributed by atoms with Crippen LogP contribution in [-0.4, -0.2) is 38.1 Å². The minimum atomic E-state index is -1.13. The molecule has 2 amide bonds. The van der Waals surface area contributed by atoms with Gasteiger partial charge in [0.2, 0.25) is 5.89 Å². The van der Waals surface area contributed by atoms with Crippen LogP contribution in [0.1, 0.15) is 17.3 Å². The van der Waals surface area contributed by atoms with E-state index in [0.717, 1.165) is 0 Å². The molecule has 0 aromatic carbocycles. The molecular weight excluding hydrogens is 278 g/mol. The first kappa shape index (κ1) is 14.6. The van der Waals surface area contributed by atoms with Gasteiger partial charge in [-0.05, 0) is 6.92 Å². The Bertz CT molecular complexity index is 607. The van der Waals surface area contributed by atoms with E-state index >= 15 is 0 Å². The maximum atomic E-state index is 11.7. The van der Waals surface area contributed by atoms with Gasteiger partial charge in [0.05, 0.1) is 19.1 Å².